The van der Waals surface area contributed by atoms with Crippen molar-refractivity contribution in [2.75, 3.05) is 10.6 Å². The number of nitrogens with zero attached hydrogens (tertiary/aromatic N) is 2. The summed E-state index contributed by atoms with van der Waals surface area (Å²) in [4.78, 5) is 9.29. The molecule has 0 fully saturated rings. The van der Waals surface area contributed by atoms with Gasteiger partial charge in [0, 0.05) is 28.4 Å². The Morgan fingerprint density at radius 1 is 1.04 bits per heavy atom. The molecular formula is C21H23ClN4. The van der Waals surface area contributed by atoms with E-state index in [1.54, 1.807) is 0 Å². The molecule has 2 N–H and O–H groups in total. The second-order valence-corrected chi connectivity index (χ2v) is 6.78. The molecule has 4 nitrogen and oxygen atoms in total. The largest absolute Gasteiger partial charge is 0.352 e. The van der Waals surface area contributed by atoms with Crippen molar-refractivity contribution < 1.29 is 0 Å². The Morgan fingerprint density at radius 3 is 2.50 bits per heavy atom. The predicted octanol–water partition coefficient (Wildman–Crippen LogP) is 6.06. The van der Waals surface area contributed by atoms with Crippen molar-refractivity contribution in [1.82, 2.24) is 9.97 Å². The average molecular weight is 367 g/mol. The lowest BCUT2D eigenvalue weighted by molar-refractivity contribution is 0.753. The summed E-state index contributed by atoms with van der Waals surface area (Å²) in [6, 6.07) is 18.2. The van der Waals surface area contributed by atoms with E-state index in [9.17, 15) is 0 Å². The molecule has 0 unspecified atom stereocenters. The molecule has 0 aliphatic heterocycles. The lowest BCUT2D eigenvalue weighted by Gasteiger charge is -2.15. The van der Waals surface area contributed by atoms with E-state index in [1.807, 2.05) is 61.5 Å². The van der Waals surface area contributed by atoms with Crippen LogP contribution in [0.5, 0.6) is 0 Å². The van der Waals surface area contributed by atoms with Crippen LogP contribution in [0.1, 0.15) is 25.8 Å². The fourth-order valence-corrected chi connectivity index (χ4v) is 2.65. The summed E-state index contributed by atoms with van der Waals surface area (Å²) in [5.41, 5.74) is 3.86. The summed E-state index contributed by atoms with van der Waals surface area (Å²) in [6.45, 7) is 6.23. The highest BCUT2D eigenvalue weighted by atomic mass is 35.5. The maximum Gasteiger partial charge on any atom is 0.225 e. The van der Waals surface area contributed by atoms with Gasteiger partial charge >= 0.3 is 0 Å². The molecule has 1 atom stereocenters. The third-order valence-electron chi connectivity index (χ3n) is 4.23. The van der Waals surface area contributed by atoms with E-state index in [2.05, 4.69) is 34.4 Å². The number of hydrogen-bond acceptors (Lipinski definition) is 4. The molecule has 134 valence electrons. The Hall–Kier alpha value is -2.59. The van der Waals surface area contributed by atoms with Crippen molar-refractivity contribution in [3.8, 4) is 11.3 Å². The van der Waals surface area contributed by atoms with Crippen LogP contribution in [0.25, 0.3) is 11.3 Å². The minimum Gasteiger partial charge on any atom is -0.352 e. The van der Waals surface area contributed by atoms with Crippen molar-refractivity contribution in [3.63, 3.8) is 0 Å². The number of nitrogens with one attached hydrogen (secondary N) is 2. The van der Waals surface area contributed by atoms with Crippen molar-refractivity contribution >= 4 is 29.1 Å². The molecule has 3 aromatic rings. The first-order valence-electron chi connectivity index (χ1n) is 8.79. The minimum absolute atomic E-state index is 0.294. The van der Waals surface area contributed by atoms with Crippen molar-refractivity contribution in [2.24, 2.45) is 0 Å². The first-order chi connectivity index (χ1) is 12.5. The molecule has 0 saturated heterocycles. The van der Waals surface area contributed by atoms with Gasteiger partial charge in [-0.25, -0.2) is 4.98 Å². The first-order valence-corrected chi connectivity index (χ1v) is 9.17. The predicted molar refractivity (Wildman–Crippen MR) is 110 cm³/mol. The van der Waals surface area contributed by atoms with Crippen LogP contribution < -0.4 is 10.6 Å². The highest BCUT2D eigenvalue weighted by molar-refractivity contribution is 6.31. The molecule has 0 aliphatic carbocycles. The van der Waals surface area contributed by atoms with Gasteiger partial charge in [-0.1, -0.05) is 54.9 Å². The number of halogens is 1. The molecule has 1 aromatic heterocycles. The number of aromatic nitrogens is 2. The van der Waals surface area contributed by atoms with Gasteiger partial charge in [0.05, 0.1) is 5.69 Å². The average Bonchev–Trinajstić information content (AvgIpc) is 2.65. The van der Waals surface area contributed by atoms with Crippen LogP contribution in [0.3, 0.4) is 0 Å². The van der Waals surface area contributed by atoms with Crippen LogP contribution in [-0.2, 0) is 0 Å². The number of aryl methyl sites for hydroxylation is 1. The summed E-state index contributed by atoms with van der Waals surface area (Å²) in [6.07, 6.45) is 0.995. The lowest BCUT2D eigenvalue weighted by atomic mass is 10.1. The zero-order valence-corrected chi connectivity index (χ0v) is 16.0. The highest BCUT2D eigenvalue weighted by Gasteiger charge is 2.09. The normalized spacial score (nSPS) is 11.8. The van der Waals surface area contributed by atoms with E-state index in [-0.39, 0.29) is 0 Å². The molecular weight excluding hydrogens is 344 g/mol. The van der Waals surface area contributed by atoms with Crippen LogP contribution in [0.4, 0.5) is 17.5 Å². The van der Waals surface area contributed by atoms with Crippen LogP contribution in [0.15, 0.2) is 54.6 Å². The van der Waals surface area contributed by atoms with Crippen LogP contribution >= 0.6 is 11.6 Å². The quantitative estimate of drug-likeness (QED) is 0.556. The van der Waals surface area contributed by atoms with Crippen molar-refractivity contribution in [2.45, 2.75) is 33.2 Å². The maximum absolute atomic E-state index is 6.24. The van der Waals surface area contributed by atoms with Crippen molar-refractivity contribution in [1.29, 1.82) is 0 Å². The Bertz CT molecular complexity index is 880. The second kappa shape index (κ2) is 8.19. The van der Waals surface area contributed by atoms with E-state index in [0.29, 0.717) is 12.0 Å². The molecule has 26 heavy (non-hydrogen) atoms. The van der Waals surface area contributed by atoms with Gasteiger partial charge in [0.2, 0.25) is 5.95 Å². The maximum atomic E-state index is 6.24. The lowest BCUT2D eigenvalue weighted by Crippen LogP contribution is -2.16. The van der Waals surface area contributed by atoms with E-state index in [1.165, 1.54) is 0 Å². The number of benzene rings is 2. The molecule has 0 aliphatic rings. The molecule has 0 bridgehead atoms. The molecule has 2 aromatic carbocycles. The first kappa shape index (κ1) is 18.2. The molecule has 5 heteroatoms. The summed E-state index contributed by atoms with van der Waals surface area (Å²) in [5, 5.41) is 7.43. The van der Waals surface area contributed by atoms with Gasteiger partial charge in [0.25, 0.3) is 0 Å². The molecule has 0 saturated carbocycles. The molecule has 0 radical (unpaired) electrons. The highest BCUT2D eigenvalue weighted by Crippen LogP contribution is 2.26. The smallest absolute Gasteiger partial charge is 0.225 e. The van der Waals surface area contributed by atoms with Crippen molar-refractivity contribution in [3.05, 3.63) is 65.2 Å². The Kier molecular flexibility index (Phi) is 5.74. The monoisotopic (exact) mass is 366 g/mol. The SMILES string of the molecule is CC[C@@H](C)Nc1nc(Nc2ccc(C)c(Cl)c2)cc(-c2ccccc2)n1. The molecule has 0 amide bonds. The zero-order chi connectivity index (χ0) is 18.5. The van der Waals surface area contributed by atoms with Gasteiger partial charge in [-0.15, -0.1) is 0 Å². The fourth-order valence-electron chi connectivity index (χ4n) is 2.47. The molecule has 1 heterocycles. The summed E-state index contributed by atoms with van der Waals surface area (Å²) in [7, 11) is 0. The topological polar surface area (TPSA) is 49.8 Å². The van der Waals surface area contributed by atoms with Crippen LogP contribution in [0.2, 0.25) is 5.02 Å². The summed E-state index contributed by atoms with van der Waals surface area (Å²) >= 11 is 6.24. The Labute approximate surface area is 159 Å². The zero-order valence-electron chi connectivity index (χ0n) is 15.3. The minimum atomic E-state index is 0.294. The van der Waals surface area contributed by atoms with Gasteiger partial charge < -0.3 is 10.6 Å². The van der Waals surface area contributed by atoms with E-state index in [4.69, 9.17) is 11.6 Å². The summed E-state index contributed by atoms with van der Waals surface area (Å²) < 4.78 is 0. The fraction of sp³-hybridized carbons (Fsp3) is 0.238. The molecule has 3 rings (SSSR count). The van der Waals surface area contributed by atoms with Crippen LogP contribution in [0, 0.1) is 6.92 Å². The number of anilines is 3. The third kappa shape index (κ3) is 4.52. The number of rotatable bonds is 6. The Balaban J connectivity index is 1.97. The van der Waals surface area contributed by atoms with E-state index in [0.717, 1.165) is 39.8 Å². The van der Waals surface area contributed by atoms with Crippen LogP contribution in [-0.4, -0.2) is 16.0 Å². The van der Waals surface area contributed by atoms with Gasteiger partial charge in [-0.3, -0.25) is 0 Å². The summed E-state index contributed by atoms with van der Waals surface area (Å²) in [5.74, 6) is 1.34. The van der Waals surface area contributed by atoms with Gasteiger partial charge in [0.1, 0.15) is 5.82 Å². The van der Waals surface area contributed by atoms with E-state index < -0.39 is 0 Å². The Morgan fingerprint density at radius 2 is 1.81 bits per heavy atom. The third-order valence-corrected chi connectivity index (χ3v) is 4.64. The second-order valence-electron chi connectivity index (χ2n) is 6.37. The van der Waals surface area contributed by atoms with E-state index >= 15 is 0 Å². The van der Waals surface area contributed by atoms with Gasteiger partial charge in [-0.05, 0) is 38.0 Å². The molecule has 0 spiro atoms. The van der Waals surface area contributed by atoms with Gasteiger partial charge in [-0.2, -0.15) is 4.98 Å². The number of hydrogen-bond donors (Lipinski definition) is 2. The van der Waals surface area contributed by atoms with Gasteiger partial charge in [0.15, 0.2) is 0 Å². The standard InChI is InChI=1S/C21H23ClN4/c1-4-15(3)23-21-25-19(16-8-6-5-7-9-16)13-20(26-21)24-17-11-10-14(2)18(22)12-17/h5-13,15H,4H2,1-3H3,(H2,23,24,25,26)/t15-/m1/s1.